The number of nitrogens with one attached hydrogen (secondary N) is 1. The SMILES string of the molecule is CCC[C@H](N)CNc1nc2cc([C@@H]3CCCCN3C(=O)C(C)CCC(C)CCC3(C)CCC=CCCC3)nn2cc1C. The van der Waals surface area contributed by atoms with Crippen LogP contribution < -0.4 is 11.1 Å². The maximum Gasteiger partial charge on any atom is 0.225 e. The maximum absolute atomic E-state index is 13.8. The molecular formula is C35H58N6O. The molecule has 0 aromatic carbocycles. The second-order valence-electron chi connectivity index (χ2n) is 14.0. The molecule has 3 heterocycles. The van der Waals surface area contributed by atoms with Crippen LogP contribution in [-0.4, -0.2) is 44.5 Å². The summed E-state index contributed by atoms with van der Waals surface area (Å²) in [6.45, 7) is 12.8. The lowest BCUT2D eigenvalue weighted by Gasteiger charge is -2.36. The Kier molecular flexibility index (Phi) is 11.9. The molecule has 1 aliphatic carbocycles. The van der Waals surface area contributed by atoms with Crippen LogP contribution in [0.5, 0.6) is 0 Å². The number of piperidine rings is 1. The first kappa shape index (κ1) is 32.5. The van der Waals surface area contributed by atoms with Crippen molar-refractivity contribution in [2.45, 2.75) is 137 Å². The van der Waals surface area contributed by atoms with Gasteiger partial charge in [0.15, 0.2) is 5.65 Å². The number of hydrogen-bond acceptors (Lipinski definition) is 5. The van der Waals surface area contributed by atoms with Crippen molar-refractivity contribution in [2.24, 2.45) is 23.0 Å². The van der Waals surface area contributed by atoms with Crippen molar-refractivity contribution >= 4 is 17.4 Å². The molecule has 2 aromatic rings. The molecule has 1 saturated heterocycles. The molecule has 3 N–H and O–H groups in total. The summed E-state index contributed by atoms with van der Waals surface area (Å²) < 4.78 is 1.87. The molecule has 2 aliphatic rings. The highest BCUT2D eigenvalue weighted by Crippen LogP contribution is 2.38. The number of fused-ring (bicyclic) bond motifs is 1. The molecule has 1 fully saturated rings. The number of hydrogen-bond donors (Lipinski definition) is 2. The number of allylic oxidation sites excluding steroid dienone is 2. The number of nitrogens with two attached hydrogens (primary N) is 1. The molecule has 7 heteroatoms. The molecular weight excluding hydrogens is 520 g/mol. The summed E-state index contributed by atoms with van der Waals surface area (Å²) in [7, 11) is 0. The molecule has 0 bridgehead atoms. The quantitative estimate of drug-likeness (QED) is 0.235. The van der Waals surface area contributed by atoms with Crippen LogP contribution in [0.25, 0.3) is 5.65 Å². The summed E-state index contributed by atoms with van der Waals surface area (Å²) in [5.41, 5.74) is 9.50. The minimum absolute atomic E-state index is 0.0239. The topological polar surface area (TPSA) is 88.5 Å². The van der Waals surface area contributed by atoms with E-state index in [2.05, 4.69) is 63.1 Å². The van der Waals surface area contributed by atoms with Gasteiger partial charge in [-0.15, -0.1) is 0 Å². The average Bonchev–Trinajstić information content (AvgIpc) is 3.38. The van der Waals surface area contributed by atoms with E-state index in [1.807, 2.05) is 10.7 Å². The van der Waals surface area contributed by atoms with Gasteiger partial charge in [0, 0.05) is 42.9 Å². The lowest BCUT2D eigenvalue weighted by atomic mass is 9.74. The van der Waals surface area contributed by atoms with E-state index in [9.17, 15) is 4.79 Å². The van der Waals surface area contributed by atoms with E-state index in [0.29, 0.717) is 23.8 Å². The van der Waals surface area contributed by atoms with Crippen LogP contribution in [0, 0.1) is 24.2 Å². The van der Waals surface area contributed by atoms with Crippen LogP contribution in [0.2, 0.25) is 0 Å². The van der Waals surface area contributed by atoms with E-state index in [-0.39, 0.29) is 18.0 Å². The Morgan fingerprint density at radius 1 is 1.12 bits per heavy atom. The first-order valence-corrected chi connectivity index (χ1v) is 17.0. The minimum Gasteiger partial charge on any atom is -0.368 e. The fraction of sp³-hybridized carbons (Fsp3) is 0.743. The molecule has 4 rings (SSSR count). The normalized spacial score (nSPS) is 23.8. The first-order valence-electron chi connectivity index (χ1n) is 17.0. The molecule has 1 aliphatic heterocycles. The molecule has 234 valence electrons. The molecule has 0 spiro atoms. The Balaban J connectivity index is 1.34. The number of anilines is 1. The summed E-state index contributed by atoms with van der Waals surface area (Å²) in [4.78, 5) is 20.8. The van der Waals surface area contributed by atoms with Gasteiger partial charge in [-0.3, -0.25) is 4.79 Å². The van der Waals surface area contributed by atoms with Crippen LogP contribution in [0.4, 0.5) is 5.82 Å². The molecule has 2 aromatic heterocycles. The number of aromatic nitrogens is 3. The van der Waals surface area contributed by atoms with Gasteiger partial charge in [-0.05, 0) is 95.3 Å². The van der Waals surface area contributed by atoms with Gasteiger partial charge in [-0.25, -0.2) is 9.50 Å². The summed E-state index contributed by atoms with van der Waals surface area (Å²) >= 11 is 0. The Hall–Kier alpha value is -2.41. The van der Waals surface area contributed by atoms with E-state index < -0.39 is 0 Å². The highest BCUT2D eigenvalue weighted by molar-refractivity contribution is 5.79. The van der Waals surface area contributed by atoms with E-state index in [1.54, 1.807) is 0 Å². The van der Waals surface area contributed by atoms with Gasteiger partial charge < -0.3 is 16.0 Å². The third-order valence-corrected chi connectivity index (χ3v) is 9.96. The zero-order chi connectivity index (χ0) is 30.1. The zero-order valence-electron chi connectivity index (χ0n) is 27.2. The zero-order valence-corrected chi connectivity index (χ0v) is 27.2. The van der Waals surface area contributed by atoms with Crippen LogP contribution in [0.1, 0.15) is 135 Å². The molecule has 3 unspecified atom stereocenters. The first-order chi connectivity index (χ1) is 20.2. The molecule has 7 nitrogen and oxygen atoms in total. The van der Waals surface area contributed by atoms with Crippen LogP contribution >= 0.6 is 0 Å². The van der Waals surface area contributed by atoms with Crippen molar-refractivity contribution in [1.29, 1.82) is 0 Å². The third kappa shape index (κ3) is 8.81. The van der Waals surface area contributed by atoms with Crippen molar-refractivity contribution in [2.75, 3.05) is 18.4 Å². The second-order valence-corrected chi connectivity index (χ2v) is 14.0. The van der Waals surface area contributed by atoms with Gasteiger partial charge in [0.05, 0.1) is 11.7 Å². The maximum atomic E-state index is 13.8. The number of rotatable bonds is 13. The largest absolute Gasteiger partial charge is 0.368 e. The average molecular weight is 579 g/mol. The monoisotopic (exact) mass is 578 g/mol. The number of carbonyl (C=O) groups excluding carboxylic acids is 1. The van der Waals surface area contributed by atoms with Gasteiger partial charge in [-0.2, -0.15) is 5.10 Å². The number of likely N-dealkylation sites (tertiary alicyclic amines) is 1. The van der Waals surface area contributed by atoms with Crippen LogP contribution in [0.3, 0.4) is 0 Å². The van der Waals surface area contributed by atoms with E-state index in [4.69, 9.17) is 15.8 Å². The third-order valence-electron chi connectivity index (χ3n) is 9.96. The highest BCUT2D eigenvalue weighted by atomic mass is 16.2. The Bertz CT molecular complexity index is 1170. The predicted molar refractivity (Wildman–Crippen MR) is 175 cm³/mol. The van der Waals surface area contributed by atoms with E-state index in [0.717, 1.165) is 74.2 Å². The lowest BCUT2D eigenvalue weighted by molar-refractivity contribution is -0.139. The Morgan fingerprint density at radius 3 is 2.74 bits per heavy atom. The standard InChI is InChI=1S/C35H58N6O/c1-6-14-29(36)24-37-33-28(4)25-41-32(38-33)23-30(39-41)31-15-10-13-22-40(31)34(42)27(3)17-16-26(2)18-21-35(5)19-11-8-7-9-12-20-35/h7-8,23,25-27,29,31H,6,9-22,24,36H2,1-5H3,(H,37,38)/t26?,27?,29-,31-,35?/m0/s1. The smallest absolute Gasteiger partial charge is 0.225 e. The fourth-order valence-corrected chi connectivity index (χ4v) is 6.94. The van der Waals surface area contributed by atoms with Crippen molar-refractivity contribution in [3.63, 3.8) is 0 Å². The summed E-state index contributed by atoms with van der Waals surface area (Å²) in [5.74, 6) is 1.84. The summed E-state index contributed by atoms with van der Waals surface area (Å²) in [6, 6.07) is 2.22. The van der Waals surface area contributed by atoms with E-state index in [1.165, 1.54) is 44.9 Å². The Labute approximate surface area is 255 Å². The van der Waals surface area contributed by atoms with Gasteiger partial charge >= 0.3 is 0 Å². The Morgan fingerprint density at radius 2 is 1.93 bits per heavy atom. The van der Waals surface area contributed by atoms with Gasteiger partial charge in [0.2, 0.25) is 5.91 Å². The minimum atomic E-state index is 0.0239. The molecule has 5 atom stereocenters. The number of carbonyl (C=O) groups is 1. The van der Waals surface area contributed by atoms with Gasteiger partial charge in [0.25, 0.3) is 0 Å². The van der Waals surface area contributed by atoms with Crippen molar-refractivity contribution in [3.05, 3.63) is 35.7 Å². The van der Waals surface area contributed by atoms with E-state index >= 15 is 0 Å². The van der Waals surface area contributed by atoms with Gasteiger partial charge in [-0.1, -0.05) is 52.7 Å². The van der Waals surface area contributed by atoms with Crippen molar-refractivity contribution in [1.82, 2.24) is 19.5 Å². The second kappa shape index (κ2) is 15.4. The number of nitrogens with zero attached hydrogens (tertiary/aromatic N) is 4. The highest BCUT2D eigenvalue weighted by Gasteiger charge is 2.33. The molecule has 1 amide bonds. The predicted octanol–water partition coefficient (Wildman–Crippen LogP) is 7.99. The summed E-state index contributed by atoms with van der Waals surface area (Å²) in [5, 5.41) is 8.35. The molecule has 42 heavy (non-hydrogen) atoms. The van der Waals surface area contributed by atoms with Crippen molar-refractivity contribution in [3.8, 4) is 0 Å². The van der Waals surface area contributed by atoms with Crippen molar-refractivity contribution < 1.29 is 4.79 Å². The fourth-order valence-electron chi connectivity index (χ4n) is 6.94. The van der Waals surface area contributed by atoms with Crippen LogP contribution in [0.15, 0.2) is 24.4 Å². The summed E-state index contributed by atoms with van der Waals surface area (Å²) in [6.07, 6.45) is 23.1. The van der Waals surface area contributed by atoms with Crippen LogP contribution in [-0.2, 0) is 4.79 Å². The number of aryl methyl sites for hydroxylation is 1. The lowest BCUT2D eigenvalue weighted by Crippen LogP contribution is -2.41. The van der Waals surface area contributed by atoms with Gasteiger partial charge in [0.1, 0.15) is 5.82 Å². The number of amides is 1. The molecule has 0 radical (unpaired) electrons. The molecule has 0 saturated carbocycles.